The van der Waals surface area contributed by atoms with Gasteiger partial charge in [0.15, 0.2) is 11.5 Å². The minimum atomic E-state index is -0.948. The molecule has 2 aromatic rings. The molecule has 18 heavy (non-hydrogen) atoms. The zero-order valence-electron chi connectivity index (χ0n) is 9.80. The summed E-state index contributed by atoms with van der Waals surface area (Å²) in [6, 6.07) is 5.07. The van der Waals surface area contributed by atoms with Crippen LogP contribution in [0.5, 0.6) is 0 Å². The number of aromatic carboxylic acids is 1. The van der Waals surface area contributed by atoms with E-state index in [2.05, 4.69) is 4.98 Å². The Morgan fingerprint density at radius 1 is 1.33 bits per heavy atom. The van der Waals surface area contributed by atoms with Crippen molar-refractivity contribution in [1.29, 1.82) is 0 Å². The lowest BCUT2D eigenvalue weighted by atomic mass is 10.1. The Morgan fingerprint density at radius 3 is 2.83 bits per heavy atom. The zero-order chi connectivity index (χ0) is 12.3. The SMILES string of the molecule is O=C(O)c1cccc2oc(C3C4CCCC43)nc12. The van der Waals surface area contributed by atoms with Gasteiger partial charge in [-0.15, -0.1) is 0 Å². The van der Waals surface area contributed by atoms with Gasteiger partial charge >= 0.3 is 5.97 Å². The molecule has 0 aliphatic heterocycles. The van der Waals surface area contributed by atoms with Gasteiger partial charge in [0.25, 0.3) is 0 Å². The molecule has 1 aromatic carbocycles. The van der Waals surface area contributed by atoms with E-state index in [1.165, 1.54) is 19.3 Å². The van der Waals surface area contributed by atoms with Crippen LogP contribution in [0.1, 0.15) is 41.4 Å². The Hall–Kier alpha value is -1.84. The van der Waals surface area contributed by atoms with E-state index in [1.54, 1.807) is 18.2 Å². The second-order valence-corrected chi connectivity index (χ2v) is 5.29. The van der Waals surface area contributed by atoms with Crippen LogP contribution < -0.4 is 0 Å². The molecular weight excluding hydrogens is 230 g/mol. The van der Waals surface area contributed by atoms with E-state index in [4.69, 9.17) is 9.52 Å². The molecule has 1 N–H and O–H groups in total. The van der Waals surface area contributed by atoms with Crippen molar-refractivity contribution in [2.45, 2.75) is 25.2 Å². The Balaban J connectivity index is 1.80. The number of hydrogen-bond acceptors (Lipinski definition) is 3. The van der Waals surface area contributed by atoms with Gasteiger partial charge in [-0.3, -0.25) is 0 Å². The summed E-state index contributed by atoms with van der Waals surface area (Å²) in [5.41, 5.74) is 1.31. The van der Waals surface area contributed by atoms with Gasteiger partial charge in [-0.2, -0.15) is 0 Å². The fourth-order valence-corrected chi connectivity index (χ4v) is 3.47. The van der Waals surface area contributed by atoms with Crippen molar-refractivity contribution in [1.82, 2.24) is 4.98 Å². The Labute approximate surface area is 104 Å². The molecule has 4 heteroatoms. The third kappa shape index (κ3) is 1.26. The van der Waals surface area contributed by atoms with Crippen LogP contribution in [0.3, 0.4) is 0 Å². The maximum Gasteiger partial charge on any atom is 0.338 e. The molecule has 2 fully saturated rings. The third-order valence-corrected chi connectivity index (χ3v) is 4.36. The van der Waals surface area contributed by atoms with Gasteiger partial charge in [-0.1, -0.05) is 12.5 Å². The van der Waals surface area contributed by atoms with E-state index in [-0.39, 0.29) is 5.56 Å². The van der Waals surface area contributed by atoms with Crippen molar-refractivity contribution in [3.05, 3.63) is 29.7 Å². The molecule has 2 unspecified atom stereocenters. The monoisotopic (exact) mass is 243 g/mol. The highest BCUT2D eigenvalue weighted by atomic mass is 16.4. The number of carboxylic acids is 1. The maximum atomic E-state index is 11.1. The van der Waals surface area contributed by atoms with Gasteiger partial charge in [0.1, 0.15) is 5.52 Å². The lowest BCUT2D eigenvalue weighted by molar-refractivity contribution is 0.0699. The molecule has 0 radical (unpaired) electrons. The van der Waals surface area contributed by atoms with Crippen molar-refractivity contribution in [2.24, 2.45) is 11.8 Å². The molecule has 1 aromatic heterocycles. The topological polar surface area (TPSA) is 63.3 Å². The molecular formula is C14H13NO3. The van der Waals surface area contributed by atoms with Crippen LogP contribution in [0.15, 0.2) is 22.6 Å². The average molecular weight is 243 g/mol. The number of rotatable bonds is 2. The molecule has 4 rings (SSSR count). The molecule has 0 saturated heterocycles. The van der Waals surface area contributed by atoms with Gasteiger partial charge in [-0.05, 0) is 36.8 Å². The van der Waals surface area contributed by atoms with E-state index in [0.717, 1.165) is 17.7 Å². The fraction of sp³-hybridized carbons (Fsp3) is 0.429. The smallest absolute Gasteiger partial charge is 0.338 e. The number of hydrogen-bond donors (Lipinski definition) is 1. The highest BCUT2D eigenvalue weighted by Gasteiger charge is 2.55. The van der Waals surface area contributed by atoms with Gasteiger partial charge in [0, 0.05) is 5.92 Å². The van der Waals surface area contributed by atoms with Gasteiger partial charge in [0.2, 0.25) is 0 Å². The molecule has 2 aliphatic rings. The molecule has 0 amide bonds. The minimum Gasteiger partial charge on any atom is -0.478 e. The van der Waals surface area contributed by atoms with Crippen molar-refractivity contribution in [3.63, 3.8) is 0 Å². The lowest BCUT2D eigenvalue weighted by Crippen LogP contribution is -1.97. The van der Waals surface area contributed by atoms with Crippen LogP contribution in [0.4, 0.5) is 0 Å². The molecule has 2 atom stereocenters. The van der Waals surface area contributed by atoms with E-state index < -0.39 is 5.97 Å². The Bertz CT molecular complexity index is 636. The first-order valence-corrected chi connectivity index (χ1v) is 6.38. The van der Waals surface area contributed by atoms with Crippen molar-refractivity contribution < 1.29 is 14.3 Å². The third-order valence-electron chi connectivity index (χ3n) is 4.36. The van der Waals surface area contributed by atoms with Crippen LogP contribution in [0.25, 0.3) is 11.1 Å². The van der Waals surface area contributed by atoms with E-state index in [0.29, 0.717) is 17.0 Å². The quantitative estimate of drug-likeness (QED) is 0.880. The number of para-hydroxylation sites is 1. The van der Waals surface area contributed by atoms with Crippen LogP contribution in [-0.4, -0.2) is 16.1 Å². The number of nitrogens with zero attached hydrogens (tertiary/aromatic N) is 1. The predicted octanol–water partition coefficient (Wildman–Crippen LogP) is 3.04. The number of carboxylic acid groups (broad SMARTS) is 1. The standard InChI is InChI=1S/C14H13NO3/c16-14(17)9-5-2-6-10-12(9)15-13(18-10)11-7-3-1-4-8(7)11/h2,5-8,11H,1,3-4H2,(H,16,17). The highest BCUT2D eigenvalue weighted by Crippen LogP contribution is 2.63. The first-order chi connectivity index (χ1) is 8.75. The van der Waals surface area contributed by atoms with Gasteiger partial charge in [-0.25, -0.2) is 9.78 Å². The summed E-state index contributed by atoms with van der Waals surface area (Å²) < 4.78 is 5.74. The summed E-state index contributed by atoms with van der Waals surface area (Å²) in [5.74, 6) is 1.69. The van der Waals surface area contributed by atoms with Crippen LogP contribution >= 0.6 is 0 Å². The van der Waals surface area contributed by atoms with Crippen LogP contribution in [-0.2, 0) is 0 Å². The predicted molar refractivity (Wildman–Crippen MR) is 64.5 cm³/mol. The summed E-state index contributed by atoms with van der Waals surface area (Å²) in [6.45, 7) is 0. The van der Waals surface area contributed by atoms with E-state index in [9.17, 15) is 4.79 Å². The molecule has 4 nitrogen and oxygen atoms in total. The summed E-state index contributed by atoms with van der Waals surface area (Å²) in [5, 5.41) is 9.13. The summed E-state index contributed by atoms with van der Waals surface area (Å²) >= 11 is 0. The molecule has 1 heterocycles. The van der Waals surface area contributed by atoms with E-state index >= 15 is 0 Å². The first-order valence-electron chi connectivity index (χ1n) is 6.38. The number of benzene rings is 1. The molecule has 2 aliphatic carbocycles. The minimum absolute atomic E-state index is 0.230. The largest absolute Gasteiger partial charge is 0.478 e. The maximum absolute atomic E-state index is 11.1. The summed E-state index contributed by atoms with van der Waals surface area (Å²) in [7, 11) is 0. The summed E-state index contributed by atoms with van der Waals surface area (Å²) in [4.78, 5) is 15.6. The Morgan fingerprint density at radius 2 is 2.11 bits per heavy atom. The molecule has 0 spiro atoms. The van der Waals surface area contributed by atoms with Gasteiger partial charge in [0.05, 0.1) is 5.56 Å². The fourth-order valence-electron chi connectivity index (χ4n) is 3.47. The number of oxazole rings is 1. The number of aromatic nitrogens is 1. The molecule has 2 saturated carbocycles. The number of carbonyl (C=O) groups is 1. The first kappa shape index (κ1) is 10.1. The van der Waals surface area contributed by atoms with Crippen molar-refractivity contribution >= 4 is 17.1 Å². The van der Waals surface area contributed by atoms with Crippen molar-refractivity contribution in [3.8, 4) is 0 Å². The lowest BCUT2D eigenvalue weighted by Gasteiger charge is -1.95. The average Bonchev–Trinajstić information content (AvgIpc) is 2.78. The Kier molecular flexibility index (Phi) is 1.88. The second kappa shape index (κ2) is 3.34. The van der Waals surface area contributed by atoms with Crippen LogP contribution in [0, 0.1) is 11.8 Å². The van der Waals surface area contributed by atoms with E-state index in [1.807, 2.05) is 0 Å². The van der Waals surface area contributed by atoms with Gasteiger partial charge < -0.3 is 9.52 Å². The second-order valence-electron chi connectivity index (χ2n) is 5.29. The van der Waals surface area contributed by atoms with Crippen LogP contribution in [0.2, 0.25) is 0 Å². The van der Waals surface area contributed by atoms with Crippen molar-refractivity contribution in [2.75, 3.05) is 0 Å². The summed E-state index contributed by atoms with van der Waals surface area (Å²) in [6.07, 6.45) is 3.84. The normalized spacial score (nSPS) is 29.4. The molecule has 92 valence electrons. The highest BCUT2D eigenvalue weighted by molar-refractivity contribution is 6.00. The zero-order valence-corrected chi connectivity index (χ0v) is 9.80. The molecule has 0 bridgehead atoms. The number of fused-ring (bicyclic) bond motifs is 2.